The maximum atomic E-state index is 11.9. The molecule has 17 heavy (non-hydrogen) atoms. The number of carboxylic acids is 1. The first-order valence-corrected chi connectivity index (χ1v) is 5.52. The highest BCUT2D eigenvalue weighted by molar-refractivity contribution is 6.10. The summed E-state index contributed by atoms with van der Waals surface area (Å²) in [5.41, 5.74) is 0.285. The fourth-order valence-electron chi connectivity index (χ4n) is 2.67. The number of rotatable bonds is 3. The fourth-order valence-corrected chi connectivity index (χ4v) is 2.67. The quantitative estimate of drug-likeness (QED) is 0.578. The van der Waals surface area contributed by atoms with Crippen LogP contribution in [-0.2, 0) is 14.4 Å². The summed E-state index contributed by atoms with van der Waals surface area (Å²) < 4.78 is 0. The Balaban J connectivity index is 2.10. The molecule has 2 aliphatic rings. The molecule has 92 valence electrons. The number of carbonyl (C=O) groups is 3. The minimum atomic E-state index is -1.06. The molecular weight excluding hydrogens is 222 g/mol. The molecule has 2 unspecified atom stereocenters. The van der Waals surface area contributed by atoms with Crippen molar-refractivity contribution in [3.05, 3.63) is 11.6 Å². The highest BCUT2D eigenvalue weighted by Gasteiger charge is 2.72. The van der Waals surface area contributed by atoms with Gasteiger partial charge >= 0.3 is 5.97 Å². The van der Waals surface area contributed by atoms with Crippen molar-refractivity contribution in [2.45, 2.75) is 20.8 Å². The van der Waals surface area contributed by atoms with E-state index < -0.39 is 5.97 Å². The number of likely N-dealkylation sites (tertiary alicyclic amines) is 1. The second-order valence-electron chi connectivity index (χ2n) is 5.37. The SMILES string of the molecule is CC(=CC(=O)O)CN1C(=O)C2C(C1=O)C2(C)C. The minimum absolute atomic E-state index is 0.0903. The fraction of sp³-hybridized carbons (Fsp3) is 0.583. The van der Waals surface area contributed by atoms with Crippen LogP contribution in [0.1, 0.15) is 20.8 Å². The second kappa shape index (κ2) is 3.42. The maximum Gasteiger partial charge on any atom is 0.328 e. The summed E-state index contributed by atoms with van der Waals surface area (Å²) in [6.07, 6.45) is 1.02. The van der Waals surface area contributed by atoms with Crippen molar-refractivity contribution in [1.29, 1.82) is 0 Å². The number of aliphatic carboxylic acids is 1. The lowest BCUT2D eigenvalue weighted by atomic mass is 10.1. The second-order valence-corrected chi connectivity index (χ2v) is 5.37. The summed E-state index contributed by atoms with van der Waals surface area (Å²) in [5, 5.41) is 8.57. The summed E-state index contributed by atoms with van der Waals surface area (Å²) in [6.45, 7) is 5.52. The molecule has 0 spiro atoms. The van der Waals surface area contributed by atoms with Gasteiger partial charge in [-0.1, -0.05) is 13.8 Å². The van der Waals surface area contributed by atoms with Crippen molar-refractivity contribution in [2.75, 3.05) is 6.54 Å². The molecular formula is C12H15NO4. The Morgan fingerprint density at radius 1 is 1.35 bits per heavy atom. The first kappa shape index (κ1) is 11.8. The number of amides is 2. The Bertz CT molecular complexity index is 425. The highest BCUT2D eigenvalue weighted by atomic mass is 16.4. The maximum absolute atomic E-state index is 11.9. The van der Waals surface area contributed by atoms with Crippen LogP contribution in [-0.4, -0.2) is 34.3 Å². The molecule has 2 amide bonds. The van der Waals surface area contributed by atoms with Crippen LogP contribution in [0.5, 0.6) is 0 Å². The lowest BCUT2D eigenvalue weighted by Gasteiger charge is -2.20. The largest absolute Gasteiger partial charge is 0.478 e. The van der Waals surface area contributed by atoms with E-state index in [2.05, 4.69) is 0 Å². The van der Waals surface area contributed by atoms with E-state index in [4.69, 9.17) is 5.11 Å². The van der Waals surface area contributed by atoms with E-state index >= 15 is 0 Å². The van der Waals surface area contributed by atoms with Crippen molar-refractivity contribution in [1.82, 2.24) is 4.90 Å². The van der Waals surface area contributed by atoms with Crippen molar-refractivity contribution in [2.24, 2.45) is 17.3 Å². The van der Waals surface area contributed by atoms with Gasteiger partial charge in [-0.15, -0.1) is 0 Å². The number of nitrogens with zero attached hydrogens (tertiary/aromatic N) is 1. The molecule has 1 heterocycles. The van der Waals surface area contributed by atoms with Crippen LogP contribution in [0.15, 0.2) is 11.6 Å². The molecule has 1 N–H and O–H groups in total. The Hall–Kier alpha value is -1.65. The third-order valence-electron chi connectivity index (χ3n) is 3.67. The molecule has 1 aliphatic carbocycles. The zero-order valence-electron chi connectivity index (χ0n) is 10.1. The van der Waals surface area contributed by atoms with Gasteiger partial charge in [-0.05, 0) is 17.9 Å². The number of fused-ring (bicyclic) bond motifs is 1. The van der Waals surface area contributed by atoms with Crippen LogP contribution >= 0.6 is 0 Å². The van der Waals surface area contributed by atoms with Gasteiger partial charge in [0.15, 0.2) is 0 Å². The lowest BCUT2D eigenvalue weighted by Crippen LogP contribution is -2.37. The molecule has 2 rings (SSSR count). The lowest BCUT2D eigenvalue weighted by molar-refractivity contribution is -0.142. The Labute approximate surface area is 99.1 Å². The van der Waals surface area contributed by atoms with Gasteiger partial charge in [0.2, 0.25) is 11.8 Å². The number of carboxylic acid groups (broad SMARTS) is 1. The van der Waals surface area contributed by atoms with Crippen molar-refractivity contribution in [3.8, 4) is 0 Å². The molecule has 2 atom stereocenters. The zero-order chi connectivity index (χ0) is 13.0. The monoisotopic (exact) mass is 237 g/mol. The van der Waals surface area contributed by atoms with E-state index in [-0.39, 0.29) is 35.6 Å². The molecule has 1 saturated heterocycles. The van der Waals surface area contributed by atoms with Crippen LogP contribution in [0, 0.1) is 17.3 Å². The summed E-state index contributed by atoms with van der Waals surface area (Å²) in [4.78, 5) is 35.5. The highest BCUT2D eigenvalue weighted by Crippen LogP contribution is 2.63. The Morgan fingerprint density at radius 2 is 1.82 bits per heavy atom. The summed E-state index contributed by atoms with van der Waals surface area (Å²) in [5.74, 6) is -1.79. The number of hydrogen-bond acceptors (Lipinski definition) is 3. The van der Waals surface area contributed by atoms with Gasteiger partial charge in [0.25, 0.3) is 0 Å². The van der Waals surface area contributed by atoms with Gasteiger partial charge in [-0.25, -0.2) is 4.79 Å². The van der Waals surface area contributed by atoms with E-state index in [9.17, 15) is 14.4 Å². The van der Waals surface area contributed by atoms with Crippen molar-refractivity contribution < 1.29 is 19.5 Å². The van der Waals surface area contributed by atoms with Gasteiger partial charge in [0.05, 0.1) is 11.8 Å². The molecule has 5 nitrogen and oxygen atoms in total. The molecule has 0 aromatic heterocycles. The van der Waals surface area contributed by atoms with Gasteiger partial charge in [-0.3, -0.25) is 14.5 Å². The van der Waals surface area contributed by atoms with Gasteiger partial charge < -0.3 is 5.11 Å². The van der Waals surface area contributed by atoms with E-state index in [0.717, 1.165) is 6.08 Å². The third kappa shape index (κ3) is 1.66. The van der Waals surface area contributed by atoms with Crippen LogP contribution < -0.4 is 0 Å². The molecule has 0 aromatic carbocycles. The van der Waals surface area contributed by atoms with Crippen LogP contribution in [0.2, 0.25) is 0 Å². The predicted octanol–water partition coefficient (Wildman–Crippen LogP) is 0.658. The van der Waals surface area contributed by atoms with E-state index in [1.54, 1.807) is 6.92 Å². The third-order valence-corrected chi connectivity index (χ3v) is 3.67. The van der Waals surface area contributed by atoms with Gasteiger partial charge in [-0.2, -0.15) is 0 Å². The van der Waals surface area contributed by atoms with E-state index in [1.807, 2.05) is 13.8 Å². The molecule has 2 fully saturated rings. The first-order valence-electron chi connectivity index (χ1n) is 5.52. The standard InChI is InChI=1S/C12H15NO4/c1-6(4-7(14)15)5-13-10(16)8-9(11(13)17)12(8,2)3/h4,8-9H,5H2,1-3H3,(H,14,15). The summed E-state index contributed by atoms with van der Waals surface area (Å²) in [7, 11) is 0. The molecule has 0 aromatic rings. The van der Waals surface area contributed by atoms with Crippen LogP contribution in [0.3, 0.4) is 0 Å². The average Bonchev–Trinajstić information content (AvgIpc) is 2.64. The Kier molecular flexibility index (Phi) is 2.38. The van der Waals surface area contributed by atoms with Crippen molar-refractivity contribution in [3.63, 3.8) is 0 Å². The molecule has 0 radical (unpaired) electrons. The number of imide groups is 1. The van der Waals surface area contributed by atoms with Gasteiger partial charge in [0.1, 0.15) is 0 Å². The minimum Gasteiger partial charge on any atom is -0.478 e. The van der Waals surface area contributed by atoms with Crippen LogP contribution in [0.25, 0.3) is 0 Å². The molecule has 1 saturated carbocycles. The first-order chi connectivity index (χ1) is 7.76. The van der Waals surface area contributed by atoms with E-state index in [1.165, 1.54) is 4.90 Å². The summed E-state index contributed by atoms with van der Waals surface area (Å²) in [6, 6.07) is 0. The number of hydrogen-bond donors (Lipinski definition) is 1. The predicted molar refractivity (Wildman–Crippen MR) is 58.9 cm³/mol. The molecule has 0 bridgehead atoms. The van der Waals surface area contributed by atoms with Crippen LogP contribution in [0.4, 0.5) is 0 Å². The Morgan fingerprint density at radius 3 is 2.24 bits per heavy atom. The zero-order valence-corrected chi connectivity index (χ0v) is 10.1. The summed E-state index contributed by atoms with van der Waals surface area (Å²) >= 11 is 0. The van der Waals surface area contributed by atoms with E-state index in [0.29, 0.717) is 5.57 Å². The molecule has 5 heteroatoms. The number of piperidine rings is 1. The molecule has 1 aliphatic heterocycles. The van der Waals surface area contributed by atoms with Gasteiger partial charge in [0, 0.05) is 12.6 Å². The normalized spacial score (nSPS) is 30.5. The number of carbonyl (C=O) groups excluding carboxylic acids is 2. The van der Waals surface area contributed by atoms with Crippen molar-refractivity contribution >= 4 is 17.8 Å². The smallest absolute Gasteiger partial charge is 0.328 e. The average molecular weight is 237 g/mol. The topological polar surface area (TPSA) is 74.7 Å².